The predicted molar refractivity (Wildman–Crippen MR) is 125 cm³/mol. The highest BCUT2D eigenvalue weighted by Gasteiger charge is 2.17. The number of halogens is 1. The molecule has 0 bridgehead atoms. The molecule has 0 aliphatic carbocycles. The second kappa shape index (κ2) is 8.89. The van der Waals surface area contributed by atoms with Crippen LogP contribution in [0.2, 0.25) is 0 Å². The number of thioether (sulfide) groups is 1. The molecule has 0 radical (unpaired) electrons. The summed E-state index contributed by atoms with van der Waals surface area (Å²) in [6.45, 7) is 1.99. The maximum Gasteiger partial charge on any atom is 0.230 e. The first-order valence-corrected chi connectivity index (χ1v) is 11.2. The molecule has 1 aromatic heterocycles. The fourth-order valence-corrected chi connectivity index (χ4v) is 4.45. The van der Waals surface area contributed by atoms with E-state index in [1.807, 2.05) is 55.5 Å². The SMILES string of the molecule is CC(NC(=O)CSc1nnc(-c2ccccc2Br)n1N)c1cccc2ccccc12. The van der Waals surface area contributed by atoms with Gasteiger partial charge in [-0.05, 0) is 35.4 Å². The van der Waals surface area contributed by atoms with E-state index in [2.05, 4.69) is 49.6 Å². The van der Waals surface area contributed by atoms with Crippen molar-refractivity contribution in [1.29, 1.82) is 0 Å². The van der Waals surface area contributed by atoms with E-state index in [9.17, 15) is 4.79 Å². The molecule has 0 saturated carbocycles. The molecule has 30 heavy (non-hydrogen) atoms. The zero-order valence-electron chi connectivity index (χ0n) is 16.2. The van der Waals surface area contributed by atoms with E-state index in [0.29, 0.717) is 11.0 Å². The summed E-state index contributed by atoms with van der Waals surface area (Å²) < 4.78 is 2.29. The Morgan fingerprint density at radius 2 is 1.83 bits per heavy atom. The van der Waals surface area contributed by atoms with E-state index >= 15 is 0 Å². The van der Waals surface area contributed by atoms with Crippen molar-refractivity contribution >= 4 is 44.4 Å². The van der Waals surface area contributed by atoms with Crippen molar-refractivity contribution in [3.63, 3.8) is 0 Å². The van der Waals surface area contributed by atoms with Gasteiger partial charge in [0, 0.05) is 10.0 Å². The zero-order chi connectivity index (χ0) is 21.1. The Hall–Kier alpha value is -2.84. The molecule has 0 aliphatic heterocycles. The molecule has 152 valence electrons. The van der Waals surface area contributed by atoms with Crippen LogP contribution in [-0.4, -0.2) is 26.5 Å². The first-order valence-electron chi connectivity index (χ1n) is 9.40. The topological polar surface area (TPSA) is 85.8 Å². The lowest BCUT2D eigenvalue weighted by Crippen LogP contribution is -2.28. The average Bonchev–Trinajstić information content (AvgIpc) is 3.12. The van der Waals surface area contributed by atoms with Gasteiger partial charge in [0.1, 0.15) is 0 Å². The number of nitrogens with one attached hydrogen (secondary N) is 1. The molecule has 3 N–H and O–H groups in total. The molecule has 4 rings (SSSR count). The molecule has 1 unspecified atom stereocenters. The van der Waals surface area contributed by atoms with Crippen molar-refractivity contribution in [3.05, 3.63) is 76.8 Å². The van der Waals surface area contributed by atoms with Crippen LogP contribution in [0.5, 0.6) is 0 Å². The van der Waals surface area contributed by atoms with E-state index in [0.717, 1.165) is 26.4 Å². The summed E-state index contributed by atoms with van der Waals surface area (Å²) in [7, 11) is 0. The minimum absolute atomic E-state index is 0.0918. The highest BCUT2D eigenvalue weighted by molar-refractivity contribution is 9.10. The molecule has 8 heteroatoms. The van der Waals surface area contributed by atoms with Crippen molar-refractivity contribution in [2.24, 2.45) is 0 Å². The van der Waals surface area contributed by atoms with Crippen LogP contribution in [0.1, 0.15) is 18.5 Å². The summed E-state index contributed by atoms with van der Waals surface area (Å²) in [5, 5.41) is 14.1. The fourth-order valence-electron chi connectivity index (χ4n) is 3.32. The summed E-state index contributed by atoms with van der Waals surface area (Å²) in [6.07, 6.45) is 0. The number of carbonyl (C=O) groups excluding carboxylic acids is 1. The summed E-state index contributed by atoms with van der Waals surface area (Å²) >= 11 is 4.75. The quantitative estimate of drug-likeness (QED) is 0.311. The molecule has 0 fully saturated rings. The molecular formula is C22H20BrN5OS. The maximum absolute atomic E-state index is 12.5. The molecule has 0 spiro atoms. The van der Waals surface area contributed by atoms with Gasteiger partial charge in [0.2, 0.25) is 11.1 Å². The van der Waals surface area contributed by atoms with Crippen molar-refractivity contribution in [2.45, 2.75) is 18.1 Å². The molecule has 3 aromatic carbocycles. The highest BCUT2D eigenvalue weighted by Crippen LogP contribution is 2.28. The molecule has 1 amide bonds. The third-order valence-corrected chi connectivity index (χ3v) is 6.41. The molecule has 6 nitrogen and oxygen atoms in total. The van der Waals surface area contributed by atoms with Crippen LogP contribution in [0.15, 0.2) is 76.4 Å². The molecule has 1 heterocycles. The van der Waals surface area contributed by atoms with Gasteiger partial charge in [0.25, 0.3) is 0 Å². The highest BCUT2D eigenvalue weighted by atomic mass is 79.9. The molecule has 0 aliphatic rings. The van der Waals surface area contributed by atoms with Gasteiger partial charge in [-0.3, -0.25) is 4.79 Å². The maximum atomic E-state index is 12.5. The zero-order valence-corrected chi connectivity index (χ0v) is 18.7. The van der Waals surface area contributed by atoms with E-state index in [4.69, 9.17) is 5.84 Å². The van der Waals surface area contributed by atoms with Crippen molar-refractivity contribution < 1.29 is 4.79 Å². The lowest BCUT2D eigenvalue weighted by atomic mass is 10.00. The Morgan fingerprint density at radius 1 is 1.10 bits per heavy atom. The Balaban J connectivity index is 1.42. The standard InChI is InChI=1S/C22H20BrN5OS/c1-14(16-11-6-8-15-7-2-3-9-17(15)16)25-20(29)13-30-22-27-26-21(28(22)24)18-10-4-5-12-19(18)23/h2-12,14H,13,24H2,1H3,(H,25,29). The van der Waals surface area contributed by atoms with Crippen molar-refractivity contribution in [2.75, 3.05) is 11.6 Å². The van der Waals surface area contributed by atoms with Crippen molar-refractivity contribution in [3.8, 4) is 11.4 Å². The van der Waals surface area contributed by atoms with E-state index in [-0.39, 0.29) is 17.7 Å². The monoisotopic (exact) mass is 481 g/mol. The van der Waals surface area contributed by atoms with Crippen LogP contribution in [0.4, 0.5) is 0 Å². The normalized spacial score (nSPS) is 12.1. The van der Waals surface area contributed by atoms with Crippen LogP contribution >= 0.6 is 27.7 Å². The Morgan fingerprint density at radius 3 is 2.67 bits per heavy atom. The average molecular weight is 482 g/mol. The molecule has 0 saturated heterocycles. The number of aromatic nitrogens is 3. The van der Waals surface area contributed by atoms with Crippen LogP contribution in [0, 0.1) is 0 Å². The lowest BCUT2D eigenvalue weighted by Gasteiger charge is -2.16. The third kappa shape index (κ3) is 4.20. The van der Waals surface area contributed by atoms with Gasteiger partial charge < -0.3 is 11.2 Å². The van der Waals surface area contributed by atoms with Gasteiger partial charge in [-0.15, -0.1) is 10.2 Å². The Labute approximate surface area is 187 Å². The lowest BCUT2D eigenvalue weighted by molar-refractivity contribution is -0.119. The van der Waals surface area contributed by atoms with Gasteiger partial charge in [-0.1, -0.05) is 82.3 Å². The third-order valence-electron chi connectivity index (χ3n) is 4.78. The predicted octanol–water partition coefficient (Wildman–Crippen LogP) is 4.54. The van der Waals surface area contributed by atoms with Crippen LogP contribution in [0.25, 0.3) is 22.2 Å². The summed E-state index contributed by atoms with van der Waals surface area (Å²) in [5.74, 6) is 6.80. The Bertz CT molecular complexity index is 1200. The summed E-state index contributed by atoms with van der Waals surface area (Å²) in [5.41, 5.74) is 1.93. The first kappa shape index (κ1) is 20.4. The van der Waals surface area contributed by atoms with Crippen LogP contribution in [0.3, 0.4) is 0 Å². The van der Waals surface area contributed by atoms with Crippen LogP contribution in [-0.2, 0) is 4.79 Å². The number of benzene rings is 3. The number of hydrogen-bond donors (Lipinski definition) is 2. The molecular weight excluding hydrogens is 462 g/mol. The van der Waals surface area contributed by atoms with Gasteiger partial charge in [-0.25, -0.2) is 4.68 Å². The number of nitrogens with two attached hydrogens (primary N) is 1. The number of rotatable bonds is 6. The summed E-state index contributed by atoms with van der Waals surface area (Å²) in [4.78, 5) is 12.5. The van der Waals surface area contributed by atoms with Gasteiger partial charge >= 0.3 is 0 Å². The number of hydrogen-bond acceptors (Lipinski definition) is 5. The van der Waals surface area contributed by atoms with E-state index in [1.165, 1.54) is 16.4 Å². The number of amides is 1. The first-order chi connectivity index (χ1) is 14.5. The van der Waals surface area contributed by atoms with Crippen LogP contribution < -0.4 is 11.2 Å². The van der Waals surface area contributed by atoms with Gasteiger partial charge in [-0.2, -0.15) is 0 Å². The molecule has 4 aromatic rings. The van der Waals surface area contributed by atoms with E-state index in [1.54, 1.807) is 0 Å². The summed E-state index contributed by atoms with van der Waals surface area (Å²) in [6, 6.07) is 21.8. The smallest absolute Gasteiger partial charge is 0.230 e. The number of nitrogens with zero attached hydrogens (tertiary/aromatic N) is 3. The fraction of sp³-hybridized carbons (Fsp3) is 0.136. The van der Waals surface area contributed by atoms with Gasteiger partial charge in [0.15, 0.2) is 5.82 Å². The van der Waals surface area contributed by atoms with E-state index < -0.39 is 0 Å². The Kier molecular flexibility index (Phi) is 6.06. The largest absolute Gasteiger partial charge is 0.349 e. The van der Waals surface area contributed by atoms with Gasteiger partial charge in [0.05, 0.1) is 11.8 Å². The minimum atomic E-state index is -0.115. The second-order valence-electron chi connectivity index (χ2n) is 6.80. The number of carbonyl (C=O) groups is 1. The van der Waals surface area contributed by atoms with Crippen molar-refractivity contribution in [1.82, 2.24) is 20.2 Å². The minimum Gasteiger partial charge on any atom is -0.349 e. The second-order valence-corrected chi connectivity index (χ2v) is 8.60. The number of nitrogen functional groups attached to an aromatic ring is 1. The molecule has 1 atom stereocenters. The number of fused-ring (bicyclic) bond motifs is 1.